The Morgan fingerprint density at radius 1 is 1.43 bits per heavy atom. The van der Waals surface area contributed by atoms with Crippen molar-refractivity contribution in [3.05, 3.63) is 40.9 Å². The Balaban J connectivity index is 1.75. The van der Waals surface area contributed by atoms with Gasteiger partial charge in [0.15, 0.2) is 5.13 Å². The van der Waals surface area contributed by atoms with Crippen molar-refractivity contribution < 1.29 is 14.4 Å². The van der Waals surface area contributed by atoms with Crippen molar-refractivity contribution in [3.63, 3.8) is 0 Å². The number of benzene rings is 1. The number of aromatic nitrogens is 1. The summed E-state index contributed by atoms with van der Waals surface area (Å²) in [5, 5.41) is 7.44. The molecule has 6 nitrogen and oxygen atoms in total. The van der Waals surface area contributed by atoms with E-state index in [-0.39, 0.29) is 5.91 Å². The number of ether oxygens (including phenoxy) is 1. The van der Waals surface area contributed by atoms with E-state index in [1.807, 2.05) is 31.2 Å². The molecule has 2 aromatic rings. The number of methoxy groups -OCH3 is 1. The lowest BCUT2D eigenvalue weighted by Gasteiger charge is -2.19. The average Bonchev–Trinajstić information content (AvgIpc) is 3.14. The van der Waals surface area contributed by atoms with Crippen LogP contribution in [0.15, 0.2) is 35.6 Å². The summed E-state index contributed by atoms with van der Waals surface area (Å²) in [4.78, 5) is 23.1. The van der Waals surface area contributed by atoms with E-state index in [0.717, 1.165) is 10.4 Å². The standard InChI is InChI=1S/C16H17N3O3S/c1-10-9-17-15(23-10)18-14(20)16(2)8-12(19-22-16)11-6-4-5-7-13(11)21-3/h4-7,9H,8H2,1-3H3,(H,17,18,20)/t16-/m1/s1. The molecule has 0 saturated heterocycles. The van der Waals surface area contributed by atoms with Crippen LogP contribution in [0.25, 0.3) is 0 Å². The molecule has 1 atom stereocenters. The molecule has 1 aromatic carbocycles. The number of aryl methyl sites for hydroxylation is 1. The Morgan fingerprint density at radius 3 is 2.91 bits per heavy atom. The van der Waals surface area contributed by atoms with E-state index in [2.05, 4.69) is 15.5 Å². The third kappa shape index (κ3) is 3.05. The second-order valence-corrected chi connectivity index (χ2v) is 6.70. The quantitative estimate of drug-likeness (QED) is 0.935. The number of thiazole rings is 1. The summed E-state index contributed by atoms with van der Waals surface area (Å²) in [6.45, 7) is 3.65. The van der Waals surface area contributed by atoms with Crippen LogP contribution < -0.4 is 10.1 Å². The molecule has 1 aromatic heterocycles. The van der Waals surface area contributed by atoms with Crippen LogP contribution in [0.2, 0.25) is 0 Å². The highest BCUT2D eigenvalue weighted by atomic mass is 32.1. The Kier molecular flexibility index (Phi) is 4.04. The van der Waals surface area contributed by atoms with E-state index >= 15 is 0 Å². The van der Waals surface area contributed by atoms with Gasteiger partial charge < -0.3 is 9.57 Å². The molecule has 0 spiro atoms. The predicted molar refractivity (Wildman–Crippen MR) is 89.1 cm³/mol. The van der Waals surface area contributed by atoms with Gasteiger partial charge in [-0.3, -0.25) is 10.1 Å². The lowest BCUT2D eigenvalue weighted by molar-refractivity contribution is -0.135. The number of hydrogen-bond donors (Lipinski definition) is 1. The molecule has 7 heteroatoms. The van der Waals surface area contributed by atoms with Gasteiger partial charge in [-0.25, -0.2) is 4.98 Å². The molecule has 0 fully saturated rings. The Labute approximate surface area is 138 Å². The molecule has 120 valence electrons. The normalized spacial score (nSPS) is 19.9. The van der Waals surface area contributed by atoms with Crippen LogP contribution in [0.1, 0.15) is 23.8 Å². The van der Waals surface area contributed by atoms with Crippen LogP contribution in [-0.4, -0.2) is 29.3 Å². The zero-order valence-electron chi connectivity index (χ0n) is 13.1. The highest BCUT2D eigenvalue weighted by molar-refractivity contribution is 7.15. The summed E-state index contributed by atoms with van der Waals surface area (Å²) in [7, 11) is 1.60. The SMILES string of the molecule is COc1ccccc1C1=NO[C@@](C)(C(=O)Nc2ncc(C)s2)C1. The molecule has 23 heavy (non-hydrogen) atoms. The summed E-state index contributed by atoms with van der Waals surface area (Å²) in [6.07, 6.45) is 2.08. The maximum atomic E-state index is 12.5. The van der Waals surface area contributed by atoms with Gasteiger partial charge in [0.05, 0.1) is 12.8 Å². The monoisotopic (exact) mass is 331 g/mol. The third-order valence-corrected chi connectivity index (χ3v) is 4.43. The van der Waals surface area contributed by atoms with Crippen molar-refractivity contribution in [1.82, 2.24) is 4.98 Å². The number of carbonyl (C=O) groups is 1. The van der Waals surface area contributed by atoms with Crippen LogP contribution in [0, 0.1) is 6.92 Å². The highest BCUT2D eigenvalue weighted by Gasteiger charge is 2.43. The van der Waals surface area contributed by atoms with E-state index in [4.69, 9.17) is 9.57 Å². The van der Waals surface area contributed by atoms with Crippen LogP contribution in [0.5, 0.6) is 5.75 Å². The molecule has 1 N–H and O–H groups in total. The van der Waals surface area contributed by atoms with Gasteiger partial charge in [-0.2, -0.15) is 0 Å². The maximum Gasteiger partial charge on any atom is 0.273 e. The van der Waals surface area contributed by atoms with E-state index in [1.165, 1.54) is 11.3 Å². The van der Waals surface area contributed by atoms with Gasteiger partial charge in [0, 0.05) is 23.1 Å². The minimum absolute atomic E-state index is 0.263. The Bertz CT molecular complexity index is 771. The van der Waals surface area contributed by atoms with Crippen LogP contribution in [0.4, 0.5) is 5.13 Å². The molecule has 1 amide bonds. The van der Waals surface area contributed by atoms with E-state index in [1.54, 1.807) is 20.2 Å². The number of rotatable bonds is 4. The first-order chi connectivity index (χ1) is 11.0. The molecular weight excluding hydrogens is 314 g/mol. The molecule has 1 aliphatic rings. The number of amides is 1. The average molecular weight is 331 g/mol. The molecule has 2 heterocycles. The smallest absolute Gasteiger partial charge is 0.273 e. The Morgan fingerprint density at radius 2 is 2.22 bits per heavy atom. The first-order valence-electron chi connectivity index (χ1n) is 7.14. The number of carbonyl (C=O) groups excluding carboxylic acids is 1. The van der Waals surface area contributed by atoms with Crippen molar-refractivity contribution in [2.45, 2.75) is 25.9 Å². The van der Waals surface area contributed by atoms with E-state index in [0.29, 0.717) is 23.0 Å². The van der Waals surface area contributed by atoms with Crippen molar-refractivity contribution in [2.75, 3.05) is 12.4 Å². The van der Waals surface area contributed by atoms with Crippen LogP contribution >= 0.6 is 11.3 Å². The molecule has 0 saturated carbocycles. The molecule has 0 radical (unpaired) electrons. The van der Waals surface area contributed by atoms with Crippen LogP contribution in [-0.2, 0) is 9.63 Å². The number of anilines is 1. The van der Waals surface area contributed by atoms with Crippen molar-refractivity contribution in [1.29, 1.82) is 0 Å². The summed E-state index contributed by atoms with van der Waals surface area (Å²) >= 11 is 1.42. The molecule has 0 bridgehead atoms. The van der Waals surface area contributed by atoms with Gasteiger partial charge in [0.1, 0.15) is 5.75 Å². The summed E-state index contributed by atoms with van der Waals surface area (Å²) in [5.74, 6) is 0.440. The molecule has 3 rings (SSSR count). The largest absolute Gasteiger partial charge is 0.496 e. The molecular formula is C16H17N3O3S. The minimum Gasteiger partial charge on any atom is -0.496 e. The van der Waals surface area contributed by atoms with Gasteiger partial charge in [0.25, 0.3) is 5.91 Å². The fourth-order valence-electron chi connectivity index (χ4n) is 2.33. The summed E-state index contributed by atoms with van der Waals surface area (Å²) in [5.41, 5.74) is 0.461. The molecule has 0 unspecified atom stereocenters. The maximum absolute atomic E-state index is 12.5. The van der Waals surface area contributed by atoms with Crippen molar-refractivity contribution in [2.24, 2.45) is 5.16 Å². The number of oxime groups is 1. The van der Waals surface area contributed by atoms with Crippen molar-refractivity contribution >= 4 is 28.1 Å². The lowest BCUT2D eigenvalue weighted by Crippen LogP contribution is -2.40. The zero-order valence-corrected chi connectivity index (χ0v) is 13.9. The van der Waals surface area contributed by atoms with Gasteiger partial charge in [0.2, 0.25) is 5.60 Å². The number of para-hydroxylation sites is 1. The first kappa shape index (κ1) is 15.5. The van der Waals surface area contributed by atoms with Crippen LogP contribution in [0.3, 0.4) is 0 Å². The number of nitrogens with one attached hydrogen (secondary N) is 1. The fraction of sp³-hybridized carbons (Fsp3) is 0.312. The summed E-state index contributed by atoms with van der Waals surface area (Å²) in [6, 6.07) is 7.53. The number of hydrogen-bond acceptors (Lipinski definition) is 6. The molecule has 0 aliphatic carbocycles. The fourth-order valence-corrected chi connectivity index (χ4v) is 2.99. The van der Waals surface area contributed by atoms with Crippen molar-refractivity contribution in [3.8, 4) is 5.75 Å². The van der Waals surface area contributed by atoms with Gasteiger partial charge in [-0.1, -0.05) is 17.3 Å². The van der Waals surface area contributed by atoms with Gasteiger partial charge in [-0.15, -0.1) is 11.3 Å². The predicted octanol–water partition coefficient (Wildman–Crippen LogP) is 2.98. The van der Waals surface area contributed by atoms with E-state index < -0.39 is 5.60 Å². The highest BCUT2D eigenvalue weighted by Crippen LogP contribution is 2.31. The molecule has 1 aliphatic heterocycles. The zero-order chi connectivity index (χ0) is 16.4. The second kappa shape index (κ2) is 6.00. The van der Waals surface area contributed by atoms with Gasteiger partial charge in [-0.05, 0) is 26.0 Å². The van der Waals surface area contributed by atoms with Gasteiger partial charge >= 0.3 is 0 Å². The Hall–Kier alpha value is -2.41. The summed E-state index contributed by atoms with van der Waals surface area (Å²) < 4.78 is 5.34. The lowest BCUT2D eigenvalue weighted by atomic mass is 9.95. The topological polar surface area (TPSA) is 72.8 Å². The third-order valence-electron chi connectivity index (χ3n) is 3.60. The van der Waals surface area contributed by atoms with E-state index in [9.17, 15) is 4.79 Å². The minimum atomic E-state index is -1.06. The second-order valence-electron chi connectivity index (χ2n) is 5.47. The number of nitrogens with zero attached hydrogens (tertiary/aromatic N) is 2. The first-order valence-corrected chi connectivity index (χ1v) is 7.96.